The lowest BCUT2D eigenvalue weighted by atomic mass is 10.2. The molecule has 2 aromatic carbocycles. The summed E-state index contributed by atoms with van der Waals surface area (Å²) < 4.78 is 10.3. The van der Waals surface area contributed by atoms with Crippen molar-refractivity contribution in [1.29, 1.82) is 0 Å². The number of carbonyl (C=O) groups is 2. The van der Waals surface area contributed by atoms with Crippen LogP contribution >= 0.6 is 0 Å². The molecule has 7 heteroatoms. The molecule has 0 amide bonds. The number of esters is 2. The number of rotatable bonds is 6. The fraction of sp³-hybridized carbons (Fsp3) is 0.176. The maximum Gasteiger partial charge on any atom is 0.343 e. The number of para-hydroxylation sites is 1. The molecule has 0 aromatic heterocycles. The van der Waals surface area contributed by atoms with Crippen LogP contribution in [0.3, 0.4) is 0 Å². The summed E-state index contributed by atoms with van der Waals surface area (Å²) in [6.07, 6.45) is 0.677. The van der Waals surface area contributed by atoms with Gasteiger partial charge in [-0.05, 0) is 30.7 Å². The molecule has 7 nitrogen and oxygen atoms in total. The van der Waals surface area contributed by atoms with Crippen LogP contribution in [0.15, 0.2) is 48.5 Å². The van der Waals surface area contributed by atoms with Crippen molar-refractivity contribution in [1.82, 2.24) is 0 Å². The van der Waals surface area contributed by atoms with Crippen LogP contribution in [0.2, 0.25) is 0 Å². The molecule has 0 radical (unpaired) electrons. The Morgan fingerprint density at radius 3 is 2.33 bits per heavy atom. The molecule has 0 unspecified atom stereocenters. The van der Waals surface area contributed by atoms with Crippen molar-refractivity contribution < 1.29 is 24.0 Å². The maximum absolute atomic E-state index is 12.1. The first-order chi connectivity index (χ1) is 11.5. The van der Waals surface area contributed by atoms with E-state index in [9.17, 15) is 19.7 Å². The minimum absolute atomic E-state index is 0.0713. The Morgan fingerprint density at radius 2 is 1.71 bits per heavy atom. The second kappa shape index (κ2) is 7.87. The lowest BCUT2D eigenvalue weighted by molar-refractivity contribution is -0.384. The van der Waals surface area contributed by atoms with Gasteiger partial charge < -0.3 is 9.47 Å². The van der Waals surface area contributed by atoms with E-state index in [1.54, 1.807) is 12.1 Å². The molecule has 0 aliphatic heterocycles. The first-order valence-corrected chi connectivity index (χ1v) is 7.25. The Kier molecular flexibility index (Phi) is 5.62. The molecule has 24 heavy (non-hydrogen) atoms. The Hall–Kier alpha value is -3.22. The van der Waals surface area contributed by atoms with Crippen molar-refractivity contribution in [3.8, 4) is 5.75 Å². The second-order valence-electron chi connectivity index (χ2n) is 4.83. The zero-order valence-electron chi connectivity index (χ0n) is 12.9. The number of nitro benzene ring substituents is 1. The molecule has 2 aromatic rings. The molecule has 0 bridgehead atoms. The number of nitrogens with zero attached hydrogens (tertiary/aromatic N) is 1. The number of nitro groups is 1. The third-order valence-corrected chi connectivity index (χ3v) is 3.06. The number of hydrogen-bond donors (Lipinski definition) is 0. The minimum Gasteiger partial charge on any atom is -0.462 e. The van der Waals surface area contributed by atoms with Crippen LogP contribution in [0.4, 0.5) is 5.69 Å². The van der Waals surface area contributed by atoms with Crippen molar-refractivity contribution >= 4 is 17.6 Å². The quantitative estimate of drug-likeness (QED) is 0.349. The predicted octanol–water partition coefficient (Wildman–Crippen LogP) is 3.38. The molecular weight excluding hydrogens is 314 g/mol. The normalized spacial score (nSPS) is 10.0. The highest BCUT2D eigenvalue weighted by atomic mass is 16.6. The molecule has 0 spiro atoms. The number of hydrogen-bond acceptors (Lipinski definition) is 6. The van der Waals surface area contributed by atoms with Gasteiger partial charge in [-0.3, -0.25) is 10.1 Å². The number of carbonyl (C=O) groups excluding carboxylic acids is 2. The van der Waals surface area contributed by atoms with Gasteiger partial charge in [0.15, 0.2) is 0 Å². The Morgan fingerprint density at radius 1 is 1.04 bits per heavy atom. The summed E-state index contributed by atoms with van der Waals surface area (Å²) in [5.74, 6) is -1.23. The van der Waals surface area contributed by atoms with E-state index in [-0.39, 0.29) is 29.2 Å². The Labute approximate surface area is 138 Å². The van der Waals surface area contributed by atoms with Crippen molar-refractivity contribution in [2.45, 2.75) is 13.3 Å². The van der Waals surface area contributed by atoms with Crippen LogP contribution in [0, 0.1) is 10.1 Å². The molecule has 0 aliphatic rings. The summed E-state index contributed by atoms with van der Waals surface area (Å²) in [5, 5.41) is 10.6. The van der Waals surface area contributed by atoms with Gasteiger partial charge in [-0.2, -0.15) is 0 Å². The summed E-state index contributed by atoms with van der Waals surface area (Å²) in [5.41, 5.74) is 0.147. The molecule has 0 aliphatic carbocycles. The Bertz CT molecular complexity index is 754. The average Bonchev–Trinajstić information content (AvgIpc) is 2.60. The van der Waals surface area contributed by atoms with Gasteiger partial charge in [-0.15, -0.1) is 0 Å². The fourth-order valence-corrected chi connectivity index (χ4v) is 1.87. The first kappa shape index (κ1) is 17.1. The van der Waals surface area contributed by atoms with E-state index in [0.717, 1.165) is 0 Å². The van der Waals surface area contributed by atoms with Crippen LogP contribution in [-0.4, -0.2) is 23.5 Å². The van der Waals surface area contributed by atoms with E-state index in [1.807, 2.05) is 6.92 Å². The van der Waals surface area contributed by atoms with Gasteiger partial charge in [0.05, 0.1) is 17.1 Å². The molecule has 0 fully saturated rings. The highest BCUT2D eigenvalue weighted by Gasteiger charge is 2.17. The lowest BCUT2D eigenvalue weighted by Crippen LogP contribution is -2.13. The third-order valence-electron chi connectivity index (χ3n) is 3.06. The summed E-state index contributed by atoms with van der Waals surface area (Å²) in [6.45, 7) is 2.14. The van der Waals surface area contributed by atoms with E-state index in [1.165, 1.54) is 36.4 Å². The van der Waals surface area contributed by atoms with E-state index >= 15 is 0 Å². The van der Waals surface area contributed by atoms with Crippen LogP contribution in [0.5, 0.6) is 5.75 Å². The first-order valence-electron chi connectivity index (χ1n) is 7.25. The molecule has 0 saturated heterocycles. The SMILES string of the molecule is CCCOC(=O)c1ccccc1OC(=O)c1ccc([N+](=O)[O-])cc1. The number of non-ortho nitro benzene ring substituents is 1. The highest BCUT2D eigenvalue weighted by Crippen LogP contribution is 2.21. The summed E-state index contributed by atoms with van der Waals surface area (Å²) in [6, 6.07) is 11.2. The number of ether oxygens (including phenoxy) is 2. The van der Waals surface area contributed by atoms with Crippen molar-refractivity contribution in [3.05, 3.63) is 69.8 Å². The van der Waals surface area contributed by atoms with Gasteiger partial charge in [-0.25, -0.2) is 9.59 Å². The standard InChI is InChI=1S/C17H15NO6/c1-2-11-23-17(20)14-5-3-4-6-15(14)24-16(19)12-7-9-13(10-8-12)18(21)22/h3-10H,2,11H2,1H3. The van der Waals surface area contributed by atoms with Gasteiger partial charge in [-0.1, -0.05) is 19.1 Å². The molecule has 0 atom stereocenters. The van der Waals surface area contributed by atoms with Crippen LogP contribution in [-0.2, 0) is 4.74 Å². The maximum atomic E-state index is 12.1. The molecule has 0 saturated carbocycles. The summed E-state index contributed by atoms with van der Waals surface area (Å²) in [7, 11) is 0. The van der Waals surface area contributed by atoms with E-state index in [4.69, 9.17) is 9.47 Å². The zero-order chi connectivity index (χ0) is 17.5. The van der Waals surface area contributed by atoms with Crippen LogP contribution < -0.4 is 4.74 Å². The lowest BCUT2D eigenvalue weighted by Gasteiger charge is -2.09. The number of benzene rings is 2. The van der Waals surface area contributed by atoms with E-state index in [0.29, 0.717) is 6.42 Å². The third kappa shape index (κ3) is 4.16. The second-order valence-corrected chi connectivity index (χ2v) is 4.83. The average molecular weight is 329 g/mol. The van der Waals surface area contributed by atoms with Gasteiger partial charge >= 0.3 is 11.9 Å². The smallest absolute Gasteiger partial charge is 0.343 e. The van der Waals surface area contributed by atoms with E-state index in [2.05, 4.69) is 0 Å². The van der Waals surface area contributed by atoms with Crippen LogP contribution in [0.1, 0.15) is 34.1 Å². The highest BCUT2D eigenvalue weighted by molar-refractivity contribution is 5.96. The molecule has 0 N–H and O–H groups in total. The minimum atomic E-state index is -0.722. The molecule has 124 valence electrons. The summed E-state index contributed by atoms with van der Waals surface area (Å²) >= 11 is 0. The van der Waals surface area contributed by atoms with Gasteiger partial charge in [0.25, 0.3) is 5.69 Å². The monoisotopic (exact) mass is 329 g/mol. The van der Waals surface area contributed by atoms with Crippen molar-refractivity contribution in [2.24, 2.45) is 0 Å². The molecule has 2 rings (SSSR count). The summed E-state index contributed by atoms with van der Waals surface area (Å²) in [4.78, 5) is 34.2. The van der Waals surface area contributed by atoms with Crippen molar-refractivity contribution in [2.75, 3.05) is 6.61 Å². The fourth-order valence-electron chi connectivity index (χ4n) is 1.87. The van der Waals surface area contributed by atoms with Gasteiger partial charge in [0.1, 0.15) is 11.3 Å². The van der Waals surface area contributed by atoms with Gasteiger partial charge in [0.2, 0.25) is 0 Å². The van der Waals surface area contributed by atoms with Crippen molar-refractivity contribution in [3.63, 3.8) is 0 Å². The zero-order valence-corrected chi connectivity index (χ0v) is 12.9. The van der Waals surface area contributed by atoms with E-state index < -0.39 is 16.9 Å². The van der Waals surface area contributed by atoms with Crippen LogP contribution in [0.25, 0.3) is 0 Å². The predicted molar refractivity (Wildman–Crippen MR) is 85.1 cm³/mol. The topological polar surface area (TPSA) is 95.7 Å². The molecular formula is C17H15NO6. The Balaban J connectivity index is 2.17. The van der Waals surface area contributed by atoms with Gasteiger partial charge in [0, 0.05) is 12.1 Å². The molecule has 0 heterocycles. The largest absolute Gasteiger partial charge is 0.462 e.